The van der Waals surface area contributed by atoms with Crippen LogP contribution in [0.1, 0.15) is 0 Å². The van der Waals surface area contributed by atoms with Gasteiger partial charge in [-0.15, -0.1) is 0 Å². The number of hydrogen-bond donors (Lipinski definition) is 3. The second kappa shape index (κ2) is 8.67. The molecular formula is C15H20F2N4O3. The summed E-state index contributed by atoms with van der Waals surface area (Å²) in [4.78, 5) is 25.4. The van der Waals surface area contributed by atoms with E-state index in [4.69, 9.17) is 10.5 Å². The predicted octanol–water partition coefficient (Wildman–Crippen LogP) is 0.170. The number of alkyl halides is 2. The van der Waals surface area contributed by atoms with Crippen molar-refractivity contribution in [3.63, 3.8) is 0 Å². The molecule has 0 radical (unpaired) electrons. The Labute approximate surface area is 138 Å². The second-order valence-electron chi connectivity index (χ2n) is 5.22. The molecule has 0 aliphatic carbocycles. The van der Waals surface area contributed by atoms with E-state index in [0.717, 1.165) is 0 Å². The molecule has 1 aromatic carbocycles. The lowest BCUT2D eigenvalue weighted by atomic mass is 10.2. The molecule has 1 fully saturated rings. The van der Waals surface area contributed by atoms with E-state index in [1.807, 2.05) is 0 Å². The number of amides is 2. The van der Waals surface area contributed by atoms with Gasteiger partial charge in [0.05, 0.1) is 19.2 Å². The van der Waals surface area contributed by atoms with Gasteiger partial charge in [0.1, 0.15) is 6.61 Å². The number of nitrogens with zero attached hydrogens (tertiary/aromatic N) is 1. The third-order valence-electron chi connectivity index (χ3n) is 3.50. The second-order valence-corrected chi connectivity index (χ2v) is 5.22. The van der Waals surface area contributed by atoms with Crippen molar-refractivity contribution in [2.45, 2.75) is 12.5 Å². The molecule has 0 bridgehead atoms. The van der Waals surface area contributed by atoms with Crippen LogP contribution in [0.25, 0.3) is 0 Å². The molecular weight excluding hydrogens is 322 g/mol. The van der Waals surface area contributed by atoms with E-state index < -0.39 is 24.9 Å². The lowest BCUT2D eigenvalue weighted by Gasteiger charge is -2.27. The number of morpholine rings is 1. The summed E-state index contributed by atoms with van der Waals surface area (Å²) in [6.07, 6.45) is -2.56. The quantitative estimate of drug-likeness (QED) is 0.656. The zero-order valence-corrected chi connectivity index (χ0v) is 13.0. The first-order valence-electron chi connectivity index (χ1n) is 7.52. The summed E-state index contributed by atoms with van der Waals surface area (Å²) in [7, 11) is 0. The molecule has 2 rings (SSSR count). The van der Waals surface area contributed by atoms with Gasteiger partial charge < -0.3 is 20.7 Å². The highest BCUT2D eigenvalue weighted by atomic mass is 19.3. The Morgan fingerprint density at radius 1 is 1.33 bits per heavy atom. The van der Waals surface area contributed by atoms with Crippen molar-refractivity contribution >= 4 is 23.2 Å². The van der Waals surface area contributed by atoms with E-state index in [0.29, 0.717) is 24.5 Å². The zero-order valence-electron chi connectivity index (χ0n) is 13.0. The van der Waals surface area contributed by atoms with Gasteiger partial charge in [0.25, 0.3) is 12.3 Å². The van der Waals surface area contributed by atoms with Gasteiger partial charge in [-0.3, -0.25) is 14.9 Å². The molecule has 132 valence electrons. The molecule has 1 heterocycles. The number of ether oxygens (including phenoxy) is 1. The van der Waals surface area contributed by atoms with Gasteiger partial charge in [0, 0.05) is 24.5 Å². The van der Waals surface area contributed by atoms with Crippen LogP contribution >= 0.6 is 0 Å². The summed E-state index contributed by atoms with van der Waals surface area (Å²) in [6.45, 7) is 0.286. The summed E-state index contributed by atoms with van der Waals surface area (Å²) in [5, 5.41) is 5.01. The van der Waals surface area contributed by atoms with Gasteiger partial charge in [-0.05, 0) is 24.3 Å². The Morgan fingerprint density at radius 2 is 2.04 bits per heavy atom. The molecule has 1 aromatic rings. The van der Waals surface area contributed by atoms with Crippen molar-refractivity contribution in [1.82, 2.24) is 5.32 Å². The smallest absolute Gasteiger partial charge is 0.253 e. The van der Waals surface area contributed by atoms with Crippen LogP contribution in [-0.4, -0.2) is 57.1 Å². The molecule has 1 saturated heterocycles. The topological polar surface area (TPSA) is 96.7 Å². The maximum atomic E-state index is 12.2. The van der Waals surface area contributed by atoms with Gasteiger partial charge in [0.15, 0.2) is 0 Å². The molecule has 1 aliphatic heterocycles. The molecule has 2 amide bonds. The first-order valence-corrected chi connectivity index (χ1v) is 7.52. The van der Waals surface area contributed by atoms with E-state index in [2.05, 4.69) is 10.6 Å². The fourth-order valence-electron chi connectivity index (χ4n) is 2.26. The predicted molar refractivity (Wildman–Crippen MR) is 85.1 cm³/mol. The SMILES string of the molecule is NC[C@@H](NCC(F)F)C(=O)Nc1ccc(N2CCOCC2=O)cc1. The summed E-state index contributed by atoms with van der Waals surface area (Å²) < 4.78 is 29.5. The van der Waals surface area contributed by atoms with E-state index in [9.17, 15) is 18.4 Å². The highest BCUT2D eigenvalue weighted by Gasteiger charge is 2.21. The standard InChI is InChI=1S/C15H20F2N4O3/c16-13(17)8-19-12(7-18)15(23)20-10-1-3-11(4-2-10)21-5-6-24-9-14(21)22/h1-4,12-13,19H,5-9,18H2,(H,20,23)/t12-/m1/s1. The molecule has 0 aromatic heterocycles. The van der Waals surface area contributed by atoms with Crippen molar-refractivity contribution < 1.29 is 23.1 Å². The molecule has 4 N–H and O–H groups in total. The Kier molecular flexibility index (Phi) is 6.59. The molecule has 1 aliphatic rings. The summed E-state index contributed by atoms with van der Waals surface area (Å²) >= 11 is 0. The maximum Gasteiger partial charge on any atom is 0.253 e. The Morgan fingerprint density at radius 3 is 2.62 bits per heavy atom. The van der Waals surface area contributed by atoms with Crippen LogP contribution in [0, 0.1) is 0 Å². The average Bonchev–Trinajstić information content (AvgIpc) is 2.56. The van der Waals surface area contributed by atoms with Crippen LogP contribution in [0.15, 0.2) is 24.3 Å². The summed E-state index contributed by atoms with van der Waals surface area (Å²) in [6, 6.07) is 5.76. The molecule has 24 heavy (non-hydrogen) atoms. The van der Waals surface area contributed by atoms with Crippen LogP contribution in [0.3, 0.4) is 0 Å². The van der Waals surface area contributed by atoms with E-state index in [1.54, 1.807) is 29.2 Å². The number of nitrogens with two attached hydrogens (primary N) is 1. The van der Waals surface area contributed by atoms with Crippen LogP contribution < -0.4 is 21.3 Å². The number of carbonyl (C=O) groups excluding carboxylic acids is 2. The fraction of sp³-hybridized carbons (Fsp3) is 0.467. The minimum Gasteiger partial charge on any atom is -0.370 e. The number of nitrogens with one attached hydrogen (secondary N) is 2. The number of anilines is 2. The third kappa shape index (κ3) is 4.95. The van der Waals surface area contributed by atoms with Crippen molar-refractivity contribution in [3.8, 4) is 0 Å². The molecule has 7 nitrogen and oxygen atoms in total. The number of carbonyl (C=O) groups is 2. The molecule has 9 heteroatoms. The normalized spacial score (nSPS) is 16.3. The number of hydrogen-bond acceptors (Lipinski definition) is 5. The van der Waals surface area contributed by atoms with E-state index >= 15 is 0 Å². The third-order valence-corrected chi connectivity index (χ3v) is 3.50. The molecule has 1 atom stereocenters. The van der Waals surface area contributed by atoms with Crippen LogP contribution in [0.5, 0.6) is 0 Å². The summed E-state index contributed by atoms with van der Waals surface area (Å²) in [5.41, 5.74) is 6.62. The molecule has 0 saturated carbocycles. The maximum absolute atomic E-state index is 12.2. The van der Waals surface area contributed by atoms with Crippen LogP contribution in [0.2, 0.25) is 0 Å². The van der Waals surface area contributed by atoms with Crippen LogP contribution in [0.4, 0.5) is 20.2 Å². The fourth-order valence-corrected chi connectivity index (χ4v) is 2.26. The first-order chi connectivity index (χ1) is 11.5. The molecule has 0 unspecified atom stereocenters. The number of halogens is 2. The van der Waals surface area contributed by atoms with Gasteiger partial charge in [-0.1, -0.05) is 0 Å². The minimum absolute atomic E-state index is 0.0481. The van der Waals surface area contributed by atoms with E-state index in [1.165, 1.54) is 0 Å². The van der Waals surface area contributed by atoms with Crippen molar-refractivity contribution in [2.75, 3.05) is 43.1 Å². The van der Waals surface area contributed by atoms with Gasteiger partial charge >= 0.3 is 0 Å². The first kappa shape index (κ1) is 18.2. The highest BCUT2D eigenvalue weighted by Crippen LogP contribution is 2.19. The van der Waals surface area contributed by atoms with Crippen molar-refractivity contribution in [3.05, 3.63) is 24.3 Å². The van der Waals surface area contributed by atoms with E-state index in [-0.39, 0.29) is 19.1 Å². The van der Waals surface area contributed by atoms with Crippen molar-refractivity contribution in [1.29, 1.82) is 0 Å². The average molecular weight is 342 g/mol. The lowest BCUT2D eigenvalue weighted by molar-refractivity contribution is -0.125. The van der Waals surface area contributed by atoms with Gasteiger partial charge in [-0.2, -0.15) is 0 Å². The lowest BCUT2D eigenvalue weighted by Crippen LogP contribution is -2.47. The van der Waals surface area contributed by atoms with Gasteiger partial charge in [0.2, 0.25) is 5.91 Å². The number of rotatable bonds is 7. The highest BCUT2D eigenvalue weighted by molar-refractivity contribution is 5.97. The Hall–Kier alpha value is -2.10. The van der Waals surface area contributed by atoms with Crippen LogP contribution in [-0.2, 0) is 14.3 Å². The Balaban J connectivity index is 1.95. The van der Waals surface area contributed by atoms with Crippen molar-refractivity contribution in [2.24, 2.45) is 5.73 Å². The largest absolute Gasteiger partial charge is 0.370 e. The summed E-state index contributed by atoms with van der Waals surface area (Å²) in [5.74, 6) is -0.620. The molecule has 0 spiro atoms. The minimum atomic E-state index is -2.56. The number of benzene rings is 1. The zero-order chi connectivity index (χ0) is 17.5. The Bertz CT molecular complexity index is 568. The monoisotopic (exact) mass is 342 g/mol. The van der Waals surface area contributed by atoms with Gasteiger partial charge in [-0.25, -0.2) is 8.78 Å².